The summed E-state index contributed by atoms with van der Waals surface area (Å²) in [6.45, 7) is 4.44. The third-order valence-corrected chi connectivity index (χ3v) is 5.91. The highest BCUT2D eigenvalue weighted by atomic mass is 16.5. The Labute approximate surface area is 184 Å². The van der Waals surface area contributed by atoms with Crippen molar-refractivity contribution in [2.75, 3.05) is 45.6 Å². The van der Waals surface area contributed by atoms with Crippen LogP contribution in [-0.2, 0) is 17.8 Å². The van der Waals surface area contributed by atoms with Gasteiger partial charge in [-0.05, 0) is 54.3 Å². The molecule has 2 aromatic rings. The number of rotatable bonds is 7. The topological polar surface area (TPSA) is 43.4 Å². The third kappa shape index (κ3) is 4.90. The first-order valence-corrected chi connectivity index (χ1v) is 10.7. The molecule has 1 saturated heterocycles. The summed E-state index contributed by atoms with van der Waals surface area (Å²) in [5.74, 6) is 4.85. The van der Waals surface area contributed by atoms with Crippen LogP contribution in [0.4, 0.5) is 5.69 Å². The minimum atomic E-state index is 0.276. The lowest BCUT2D eigenvalue weighted by Gasteiger charge is -2.44. The Bertz CT molecular complexity index is 934. The summed E-state index contributed by atoms with van der Waals surface area (Å²) in [5, 5.41) is 0. The summed E-state index contributed by atoms with van der Waals surface area (Å²) in [5.41, 5.74) is 3.73. The maximum Gasteiger partial charge on any atom is 0.161 e. The van der Waals surface area contributed by atoms with Gasteiger partial charge in [0.25, 0.3) is 0 Å². The number of terminal acetylenes is 1. The molecular weight excluding hydrogens is 392 g/mol. The molecule has 2 aromatic carbocycles. The van der Waals surface area contributed by atoms with Crippen molar-refractivity contribution in [1.29, 1.82) is 0 Å². The van der Waals surface area contributed by atoms with Gasteiger partial charge < -0.3 is 23.8 Å². The quantitative estimate of drug-likeness (QED) is 0.635. The van der Waals surface area contributed by atoms with Gasteiger partial charge in [-0.25, -0.2) is 0 Å². The number of hydrogen-bond donors (Lipinski definition) is 0. The first kappa shape index (κ1) is 21.4. The van der Waals surface area contributed by atoms with Crippen molar-refractivity contribution >= 4 is 5.69 Å². The smallest absolute Gasteiger partial charge is 0.161 e. The minimum absolute atomic E-state index is 0.276. The van der Waals surface area contributed by atoms with E-state index in [9.17, 15) is 0 Å². The van der Waals surface area contributed by atoms with E-state index in [-0.39, 0.29) is 6.61 Å². The highest BCUT2D eigenvalue weighted by Crippen LogP contribution is 2.35. The third-order valence-electron chi connectivity index (χ3n) is 5.91. The average Bonchev–Trinajstić information content (AvgIpc) is 2.82. The zero-order valence-corrected chi connectivity index (χ0v) is 18.3. The Kier molecular flexibility index (Phi) is 6.86. The molecule has 2 aliphatic rings. The van der Waals surface area contributed by atoms with E-state index in [1.165, 1.54) is 16.8 Å². The van der Waals surface area contributed by atoms with Crippen LogP contribution >= 0.6 is 0 Å². The SMILES string of the molecule is C#CCOc1ccc2c(c1)CN(Cc1ccc(OC)c(OC)c1)CN2C1CCOCC1. The summed E-state index contributed by atoms with van der Waals surface area (Å²) >= 11 is 0. The number of ether oxygens (including phenoxy) is 4. The van der Waals surface area contributed by atoms with Gasteiger partial charge in [0.1, 0.15) is 12.4 Å². The summed E-state index contributed by atoms with van der Waals surface area (Å²) < 4.78 is 22.2. The molecule has 31 heavy (non-hydrogen) atoms. The maximum atomic E-state index is 5.69. The van der Waals surface area contributed by atoms with Gasteiger partial charge in [0.15, 0.2) is 11.5 Å². The molecule has 0 radical (unpaired) electrons. The van der Waals surface area contributed by atoms with Gasteiger partial charge in [-0.15, -0.1) is 6.42 Å². The molecule has 0 amide bonds. The predicted molar refractivity (Wildman–Crippen MR) is 121 cm³/mol. The second kappa shape index (κ2) is 9.95. The molecule has 0 unspecified atom stereocenters. The largest absolute Gasteiger partial charge is 0.493 e. The molecule has 0 saturated carbocycles. The summed E-state index contributed by atoms with van der Waals surface area (Å²) in [4.78, 5) is 4.97. The van der Waals surface area contributed by atoms with Gasteiger partial charge >= 0.3 is 0 Å². The number of anilines is 1. The van der Waals surface area contributed by atoms with Crippen molar-refractivity contribution in [3.63, 3.8) is 0 Å². The molecule has 164 valence electrons. The lowest BCUT2D eigenvalue weighted by Crippen LogP contribution is -2.49. The predicted octanol–water partition coefficient (Wildman–Crippen LogP) is 3.67. The fourth-order valence-electron chi connectivity index (χ4n) is 4.42. The van der Waals surface area contributed by atoms with Crippen LogP contribution < -0.4 is 19.1 Å². The Morgan fingerprint density at radius 2 is 1.87 bits per heavy atom. The molecule has 4 rings (SSSR count). The Morgan fingerprint density at radius 1 is 1.06 bits per heavy atom. The van der Waals surface area contributed by atoms with E-state index in [1.54, 1.807) is 14.2 Å². The zero-order chi connectivity index (χ0) is 21.6. The molecule has 1 fully saturated rings. The Balaban J connectivity index is 1.59. The molecule has 0 aromatic heterocycles. The van der Waals surface area contributed by atoms with E-state index >= 15 is 0 Å². The summed E-state index contributed by atoms with van der Waals surface area (Å²) in [7, 11) is 3.33. The van der Waals surface area contributed by atoms with E-state index in [0.717, 1.165) is 63.1 Å². The Morgan fingerprint density at radius 3 is 2.61 bits per heavy atom. The monoisotopic (exact) mass is 422 g/mol. The molecule has 2 aliphatic heterocycles. The van der Waals surface area contributed by atoms with Crippen LogP contribution in [0, 0.1) is 12.3 Å². The Hall–Kier alpha value is -2.88. The second-order valence-corrected chi connectivity index (χ2v) is 7.91. The number of benzene rings is 2. The molecule has 0 bridgehead atoms. The first-order chi connectivity index (χ1) is 15.2. The molecule has 0 aliphatic carbocycles. The van der Waals surface area contributed by atoms with Crippen LogP contribution in [0.2, 0.25) is 0 Å². The molecule has 0 atom stereocenters. The van der Waals surface area contributed by atoms with Gasteiger partial charge in [0, 0.05) is 38.0 Å². The van der Waals surface area contributed by atoms with Gasteiger partial charge in [-0.3, -0.25) is 4.90 Å². The minimum Gasteiger partial charge on any atom is -0.493 e. The van der Waals surface area contributed by atoms with Crippen LogP contribution in [0.5, 0.6) is 17.2 Å². The van der Waals surface area contributed by atoms with Crippen LogP contribution in [0.1, 0.15) is 24.0 Å². The zero-order valence-electron chi connectivity index (χ0n) is 18.3. The van der Waals surface area contributed by atoms with Gasteiger partial charge in [0.2, 0.25) is 0 Å². The van der Waals surface area contributed by atoms with E-state index < -0.39 is 0 Å². The van der Waals surface area contributed by atoms with E-state index in [2.05, 4.69) is 40.0 Å². The highest BCUT2D eigenvalue weighted by Gasteiger charge is 2.29. The lowest BCUT2D eigenvalue weighted by molar-refractivity contribution is 0.0793. The van der Waals surface area contributed by atoms with Gasteiger partial charge in [-0.1, -0.05) is 12.0 Å². The van der Waals surface area contributed by atoms with Crippen molar-refractivity contribution in [2.45, 2.75) is 32.0 Å². The fourth-order valence-corrected chi connectivity index (χ4v) is 4.42. The first-order valence-electron chi connectivity index (χ1n) is 10.7. The number of nitrogens with zero attached hydrogens (tertiary/aromatic N) is 2. The van der Waals surface area contributed by atoms with Crippen molar-refractivity contribution in [3.05, 3.63) is 47.5 Å². The lowest BCUT2D eigenvalue weighted by atomic mass is 10.0. The molecular formula is C25H30N2O4. The van der Waals surface area contributed by atoms with E-state index in [4.69, 9.17) is 25.4 Å². The number of fused-ring (bicyclic) bond motifs is 1. The molecule has 0 spiro atoms. The van der Waals surface area contributed by atoms with Crippen LogP contribution in [0.25, 0.3) is 0 Å². The van der Waals surface area contributed by atoms with E-state index in [1.807, 2.05) is 12.1 Å². The number of methoxy groups -OCH3 is 2. The molecule has 6 heteroatoms. The van der Waals surface area contributed by atoms with E-state index in [0.29, 0.717) is 6.04 Å². The van der Waals surface area contributed by atoms with Crippen LogP contribution in [-0.4, -0.2) is 51.7 Å². The standard InChI is InChI=1S/C25H30N2O4/c1-4-11-31-22-6-7-23-20(15-22)17-26(18-27(23)21-9-12-30-13-10-21)16-19-5-8-24(28-2)25(14-19)29-3/h1,5-8,14-15,21H,9-13,16-18H2,2-3H3. The maximum absolute atomic E-state index is 5.69. The second-order valence-electron chi connectivity index (χ2n) is 7.91. The van der Waals surface area contributed by atoms with Crippen molar-refractivity contribution < 1.29 is 18.9 Å². The molecule has 0 N–H and O–H groups in total. The van der Waals surface area contributed by atoms with Crippen LogP contribution in [0.3, 0.4) is 0 Å². The van der Waals surface area contributed by atoms with Crippen molar-refractivity contribution in [1.82, 2.24) is 4.90 Å². The normalized spacial score (nSPS) is 17.0. The average molecular weight is 423 g/mol. The number of hydrogen-bond acceptors (Lipinski definition) is 6. The van der Waals surface area contributed by atoms with Crippen LogP contribution in [0.15, 0.2) is 36.4 Å². The molecule has 2 heterocycles. The van der Waals surface area contributed by atoms with Gasteiger partial charge in [-0.2, -0.15) is 0 Å². The van der Waals surface area contributed by atoms with Crippen molar-refractivity contribution in [2.24, 2.45) is 0 Å². The van der Waals surface area contributed by atoms with Crippen molar-refractivity contribution in [3.8, 4) is 29.6 Å². The van der Waals surface area contributed by atoms with Gasteiger partial charge in [0.05, 0.1) is 20.9 Å². The summed E-state index contributed by atoms with van der Waals surface area (Å²) in [6, 6.07) is 12.9. The fraction of sp³-hybridized carbons (Fsp3) is 0.440. The molecule has 6 nitrogen and oxygen atoms in total. The highest BCUT2D eigenvalue weighted by molar-refractivity contribution is 5.58. The summed E-state index contributed by atoms with van der Waals surface area (Å²) in [6.07, 6.45) is 7.44.